The first-order valence-corrected chi connectivity index (χ1v) is 12.7. The molecule has 6 rings (SSSR count). The van der Waals surface area contributed by atoms with E-state index in [4.69, 9.17) is 5.10 Å². The number of aromatic nitrogens is 2. The minimum atomic E-state index is -0.204. The van der Waals surface area contributed by atoms with Crippen molar-refractivity contribution in [1.82, 2.24) is 15.2 Å². The fraction of sp³-hybridized carbons (Fsp3) is 0.0333. The number of amides is 1. The number of carbonyl (C=O) groups is 1. The van der Waals surface area contributed by atoms with Crippen LogP contribution in [0, 0.1) is 0 Å². The van der Waals surface area contributed by atoms with Crippen LogP contribution in [-0.2, 0) is 4.79 Å². The molecule has 6 nitrogen and oxygen atoms in total. The highest BCUT2D eigenvalue weighted by molar-refractivity contribution is 7.99. The highest BCUT2D eigenvalue weighted by Gasteiger charge is 2.24. The number of anilines is 2. The van der Waals surface area contributed by atoms with Gasteiger partial charge in [0, 0.05) is 27.1 Å². The summed E-state index contributed by atoms with van der Waals surface area (Å²) in [6.45, 7) is 0.154. The van der Waals surface area contributed by atoms with Crippen molar-refractivity contribution < 1.29 is 4.79 Å². The van der Waals surface area contributed by atoms with Gasteiger partial charge in [0.15, 0.2) is 0 Å². The third-order valence-corrected chi connectivity index (χ3v) is 7.17. The van der Waals surface area contributed by atoms with Crippen molar-refractivity contribution in [2.24, 2.45) is 5.10 Å². The Morgan fingerprint density at radius 3 is 2.08 bits per heavy atom. The smallest absolute Gasteiger partial charge is 0.260 e. The van der Waals surface area contributed by atoms with E-state index in [0.29, 0.717) is 0 Å². The highest BCUT2D eigenvalue weighted by Crippen LogP contribution is 2.47. The summed E-state index contributed by atoms with van der Waals surface area (Å²) in [6, 6.07) is 36.1. The van der Waals surface area contributed by atoms with Crippen LogP contribution in [0.15, 0.2) is 130 Å². The van der Waals surface area contributed by atoms with Gasteiger partial charge < -0.3 is 4.90 Å². The van der Waals surface area contributed by atoms with E-state index in [-0.39, 0.29) is 12.5 Å². The van der Waals surface area contributed by atoms with Gasteiger partial charge in [0.05, 0.1) is 23.3 Å². The van der Waals surface area contributed by atoms with Crippen LogP contribution in [0.3, 0.4) is 0 Å². The molecule has 0 spiro atoms. The van der Waals surface area contributed by atoms with Gasteiger partial charge in [0.1, 0.15) is 12.2 Å². The first-order valence-electron chi connectivity index (χ1n) is 11.9. The number of carbonyl (C=O) groups excluding carboxylic acids is 1. The second kappa shape index (κ2) is 10.2. The first kappa shape index (κ1) is 22.8. The van der Waals surface area contributed by atoms with E-state index in [0.717, 1.165) is 43.7 Å². The molecule has 4 aromatic carbocycles. The van der Waals surface area contributed by atoms with Crippen molar-refractivity contribution in [3.8, 4) is 16.9 Å². The molecule has 7 heteroatoms. The Labute approximate surface area is 219 Å². The van der Waals surface area contributed by atoms with Gasteiger partial charge in [-0.1, -0.05) is 84.6 Å². The Morgan fingerprint density at radius 2 is 1.41 bits per heavy atom. The molecular weight excluding hydrogens is 478 g/mol. The number of benzene rings is 4. The van der Waals surface area contributed by atoms with Crippen LogP contribution in [-0.4, -0.2) is 28.4 Å². The summed E-state index contributed by atoms with van der Waals surface area (Å²) in [6.07, 6.45) is 3.57. The van der Waals surface area contributed by atoms with E-state index in [1.165, 1.54) is 0 Å². The number of para-hydroxylation sites is 3. The maximum atomic E-state index is 13.0. The van der Waals surface area contributed by atoms with Crippen molar-refractivity contribution in [2.75, 3.05) is 11.4 Å². The lowest BCUT2D eigenvalue weighted by Gasteiger charge is -2.31. The minimum absolute atomic E-state index is 0.154. The summed E-state index contributed by atoms with van der Waals surface area (Å²) in [5.41, 5.74) is 8.26. The Kier molecular flexibility index (Phi) is 6.27. The summed E-state index contributed by atoms with van der Waals surface area (Å²) in [5, 5.41) is 9.10. The summed E-state index contributed by atoms with van der Waals surface area (Å²) in [4.78, 5) is 17.3. The van der Waals surface area contributed by atoms with Crippen molar-refractivity contribution in [3.63, 3.8) is 0 Å². The highest BCUT2D eigenvalue weighted by atomic mass is 32.2. The topological polar surface area (TPSA) is 62.5 Å². The minimum Gasteiger partial charge on any atom is -0.330 e. The molecule has 1 aliphatic rings. The second-order valence-electron chi connectivity index (χ2n) is 8.50. The average molecular weight is 502 g/mol. The maximum absolute atomic E-state index is 13.0. The lowest BCUT2D eigenvalue weighted by Crippen LogP contribution is -2.33. The fourth-order valence-electron chi connectivity index (χ4n) is 4.32. The molecule has 37 heavy (non-hydrogen) atoms. The maximum Gasteiger partial charge on any atom is 0.260 e. The lowest BCUT2D eigenvalue weighted by atomic mass is 10.1. The quantitative estimate of drug-likeness (QED) is 0.219. The number of hydrazone groups is 1. The Hall–Kier alpha value is -4.62. The summed E-state index contributed by atoms with van der Waals surface area (Å²) >= 11 is 1.72. The van der Waals surface area contributed by atoms with Gasteiger partial charge in [-0.05, 0) is 36.4 Å². The monoisotopic (exact) mass is 501 g/mol. The molecule has 0 bridgehead atoms. The molecule has 0 radical (unpaired) electrons. The van der Waals surface area contributed by atoms with Crippen LogP contribution >= 0.6 is 11.8 Å². The molecule has 0 unspecified atom stereocenters. The standard InChI is InChI=1S/C30H23N5OS/c36-29(21-34-25-15-7-9-17-27(25)37-28-18-10-8-16-26(28)34)32-31-19-23-20-35(24-13-5-2-6-14-24)33-30(23)22-11-3-1-4-12-22/h1-20H,21H2,(H,32,36). The molecule has 5 aromatic rings. The number of rotatable bonds is 6. The van der Waals surface area contributed by atoms with Gasteiger partial charge in [-0.15, -0.1) is 0 Å². The fourth-order valence-corrected chi connectivity index (χ4v) is 5.42. The zero-order chi connectivity index (χ0) is 25.0. The number of nitrogens with one attached hydrogen (secondary N) is 1. The largest absolute Gasteiger partial charge is 0.330 e. The van der Waals surface area contributed by atoms with Gasteiger partial charge in [-0.2, -0.15) is 10.2 Å². The molecule has 0 saturated carbocycles. The lowest BCUT2D eigenvalue weighted by molar-refractivity contribution is -0.119. The van der Waals surface area contributed by atoms with Crippen LogP contribution in [0.2, 0.25) is 0 Å². The van der Waals surface area contributed by atoms with Crippen LogP contribution in [0.1, 0.15) is 5.56 Å². The predicted molar refractivity (Wildman–Crippen MR) is 149 cm³/mol. The molecule has 2 heterocycles. The molecular formula is C30H23N5OS. The van der Waals surface area contributed by atoms with Crippen LogP contribution in [0.5, 0.6) is 0 Å². The van der Waals surface area contributed by atoms with Gasteiger partial charge in [-0.3, -0.25) is 4.79 Å². The Balaban J connectivity index is 1.24. The molecule has 1 N–H and O–H groups in total. The van der Waals surface area contributed by atoms with Gasteiger partial charge in [0.2, 0.25) is 0 Å². The molecule has 0 atom stereocenters. The van der Waals surface area contributed by atoms with Gasteiger partial charge in [-0.25, -0.2) is 10.1 Å². The van der Waals surface area contributed by atoms with Crippen molar-refractivity contribution in [3.05, 3.63) is 121 Å². The van der Waals surface area contributed by atoms with Gasteiger partial charge in [0.25, 0.3) is 5.91 Å². The van der Waals surface area contributed by atoms with Crippen LogP contribution in [0.4, 0.5) is 11.4 Å². The zero-order valence-electron chi connectivity index (χ0n) is 19.9. The average Bonchev–Trinajstić information content (AvgIpc) is 3.38. The normalized spacial score (nSPS) is 12.3. The molecule has 0 fully saturated rings. The molecule has 180 valence electrons. The molecule has 0 aliphatic carbocycles. The van der Waals surface area contributed by atoms with Gasteiger partial charge >= 0.3 is 0 Å². The zero-order valence-corrected chi connectivity index (χ0v) is 20.7. The van der Waals surface area contributed by atoms with E-state index < -0.39 is 0 Å². The second-order valence-corrected chi connectivity index (χ2v) is 9.58. The Morgan fingerprint density at radius 1 is 0.811 bits per heavy atom. The molecule has 0 saturated heterocycles. The number of hydrogen-bond donors (Lipinski definition) is 1. The number of nitrogens with zero attached hydrogens (tertiary/aromatic N) is 4. The predicted octanol–water partition coefficient (Wildman–Crippen LogP) is 6.29. The summed E-state index contributed by atoms with van der Waals surface area (Å²) in [5.74, 6) is -0.204. The molecule has 1 aliphatic heterocycles. The van der Waals surface area contributed by atoms with E-state index in [2.05, 4.69) is 22.7 Å². The molecule has 1 aromatic heterocycles. The van der Waals surface area contributed by atoms with Crippen LogP contribution in [0.25, 0.3) is 16.9 Å². The van der Waals surface area contributed by atoms with Crippen molar-refractivity contribution in [1.29, 1.82) is 0 Å². The molecule has 1 amide bonds. The van der Waals surface area contributed by atoms with Crippen molar-refractivity contribution in [2.45, 2.75) is 9.79 Å². The third kappa shape index (κ3) is 4.77. The number of fused-ring (bicyclic) bond motifs is 2. The Bertz CT molecular complexity index is 1530. The van der Waals surface area contributed by atoms with Crippen molar-refractivity contribution >= 4 is 35.3 Å². The van der Waals surface area contributed by atoms with E-state index in [9.17, 15) is 4.79 Å². The summed E-state index contributed by atoms with van der Waals surface area (Å²) in [7, 11) is 0. The van der Waals surface area contributed by atoms with E-state index in [1.54, 1.807) is 18.0 Å². The first-order chi connectivity index (χ1) is 18.3. The number of hydrogen-bond acceptors (Lipinski definition) is 5. The third-order valence-electron chi connectivity index (χ3n) is 6.04. The van der Waals surface area contributed by atoms with E-state index >= 15 is 0 Å². The van der Waals surface area contributed by atoms with Crippen LogP contribution < -0.4 is 10.3 Å². The van der Waals surface area contributed by atoms with E-state index in [1.807, 2.05) is 113 Å². The SMILES string of the molecule is O=C(CN1c2ccccc2Sc2ccccc21)NN=Cc1cn(-c2ccccc2)nc1-c1ccccc1. The summed E-state index contributed by atoms with van der Waals surface area (Å²) < 4.78 is 1.82.